The Kier molecular flexibility index (Phi) is 7.22. The number of hydrogen-bond donors (Lipinski definition) is 1. The van der Waals surface area contributed by atoms with Crippen LogP contribution >= 0.6 is 11.8 Å². The third kappa shape index (κ3) is 5.92. The molecule has 1 heterocycles. The van der Waals surface area contributed by atoms with Crippen molar-refractivity contribution >= 4 is 46.3 Å². The summed E-state index contributed by atoms with van der Waals surface area (Å²) >= 11 is 0.764. The zero-order chi connectivity index (χ0) is 24.8. The van der Waals surface area contributed by atoms with Gasteiger partial charge in [0.15, 0.2) is 0 Å². The monoisotopic (exact) mass is 489 g/mol. The molecule has 0 bridgehead atoms. The number of anilines is 1. The number of benzene rings is 3. The fraction of sp³-hybridized carbons (Fsp3) is 0.0800. The predicted octanol–water partition coefficient (Wildman–Crippen LogP) is 4.85. The summed E-state index contributed by atoms with van der Waals surface area (Å²) in [4.78, 5) is 49.0. The van der Waals surface area contributed by atoms with Crippen LogP contribution in [0.5, 0.6) is 5.75 Å². The summed E-state index contributed by atoms with van der Waals surface area (Å²) in [6.45, 7) is -0.351. The van der Waals surface area contributed by atoms with Crippen molar-refractivity contribution in [3.05, 3.63) is 105 Å². The number of nitro benzene ring substituents is 1. The molecule has 0 saturated carbocycles. The highest BCUT2D eigenvalue weighted by Crippen LogP contribution is 2.32. The molecule has 1 saturated heterocycles. The lowest BCUT2D eigenvalue weighted by atomic mass is 10.2. The second-order valence-electron chi connectivity index (χ2n) is 7.43. The molecule has 1 aliphatic rings. The standard InChI is InChI=1S/C25H19N3O6S/c29-23(26-19-7-2-1-3-8-19)15-27-24(30)22(35-25(27)31)14-17-10-12-20(13-11-17)34-16-18-6-4-5-9-21(18)28(32)33/h1-14H,15-16H2,(H,26,29)/b22-14-. The minimum Gasteiger partial charge on any atom is -0.489 e. The first-order valence-electron chi connectivity index (χ1n) is 10.5. The van der Waals surface area contributed by atoms with Gasteiger partial charge in [-0.3, -0.25) is 29.4 Å². The van der Waals surface area contributed by atoms with E-state index in [1.54, 1.807) is 72.8 Å². The SMILES string of the molecule is O=C(CN1C(=O)S/C(=C\c2ccc(OCc3ccccc3[N+](=O)[O-])cc2)C1=O)Nc1ccccc1. The van der Waals surface area contributed by atoms with Gasteiger partial charge in [-0.15, -0.1) is 0 Å². The van der Waals surface area contributed by atoms with Crippen LogP contribution in [-0.4, -0.2) is 33.4 Å². The van der Waals surface area contributed by atoms with Gasteiger partial charge >= 0.3 is 0 Å². The van der Waals surface area contributed by atoms with Crippen molar-refractivity contribution in [1.29, 1.82) is 0 Å². The molecule has 3 aromatic carbocycles. The first kappa shape index (κ1) is 23.7. The lowest BCUT2D eigenvalue weighted by Crippen LogP contribution is -2.36. The van der Waals surface area contributed by atoms with Gasteiger partial charge in [-0.2, -0.15) is 0 Å². The Balaban J connectivity index is 1.37. The van der Waals surface area contributed by atoms with Crippen molar-refractivity contribution in [2.45, 2.75) is 6.61 Å². The number of nitrogens with one attached hydrogen (secondary N) is 1. The van der Waals surface area contributed by atoms with Crippen LogP contribution in [0.15, 0.2) is 83.8 Å². The topological polar surface area (TPSA) is 119 Å². The number of nitro groups is 1. The molecule has 1 N–H and O–H groups in total. The summed E-state index contributed by atoms with van der Waals surface area (Å²) in [6, 6.07) is 21.8. The average molecular weight is 490 g/mol. The second-order valence-corrected chi connectivity index (χ2v) is 8.42. The maximum atomic E-state index is 12.7. The Hall–Kier alpha value is -4.44. The van der Waals surface area contributed by atoms with Crippen molar-refractivity contribution in [1.82, 2.24) is 4.90 Å². The van der Waals surface area contributed by atoms with E-state index in [-0.39, 0.29) is 23.7 Å². The van der Waals surface area contributed by atoms with Crippen LogP contribution in [0.4, 0.5) is 16.2 Å². The average Bonchev–Trinajstić information content (AvgIpc) is 3.11. The second kappa shape index (κ2) is 10.7. The Morgan fingerprint density at radius 3 is 2.40 bits per heavy atom. The molecule has 3 aromatic rings. The summed E-state index contributed by atoms with van der Waals surface area (Å²) in [5, 5.41) is 13.3. The number of thioether (sulfide) groups is 1. The molecule has 4 rings (SSSR count). The van der Waals surface area contributed by atoms with E-state index in [2.05, 4.69) is 5.32 Å². The maximum absolute atomic E-state index is 12.7. The number of para-hydroxylation sites is 2. The molecule has 0 radical (unpaired) electrons. The summed E-state index contributed by atoms with van der Waals surface area (Å²) in [5.41, 5.74) is 1.66. The van der Waals surface area contributed by atoms with Gasteiger partial charge in [-0.05, 0) is 53.7 Å². The number of carbonyl (C=O) groups excluding carboxylic acids is 3. The minimum atomic E-state index is -0.542. The van der Waals surface area contributed by atoms with Gasteiger partial charge in [0.25, 0.3) is 16.8 Å². The van der Waals surface area contributed by atoms with Crippen LogP contribution < -0.4 is 10.1 Å². The molecule has 1 aliphatic heterocycles. The molecule has 1 fully saturated rings. The summed E-state index contributed by atoms with van der Waals surface area (Å²) < 4.78 is 5.65. The molecule has 35 heavy (non-hydrogen) atoms. The summed E-state index contributed by atoms with van der Waals surface area (Å²) in [5.74, 6) is -0.522. The Morgan fingerprint density at radius 2 is 1.69 bits per heavy atom. The van der Waals surface area contributed by atoms with Crippen LogP contribution in [0, 0.1) is 10.1 Å². The van der Waals surface area contributed by atoms with Crippen LogP contribution in [0.25, 0.3) is 6.08 Å². The summed E-state index contributed by atoms with van der Waals surface area (Å²) in [6.07, 6.45) is 1.56. The van der Waals surface area contributed by atoms with Gasteiger partial charge in [-0.25, -0.2) is 0 Å². The van der Waals surface area contributed by atoms with Gasteiger partial charge in [0, 0.05) is 11.8 Å². The highest BCUT2D eigenvalue weighted by atomic mass is 32.2. The highest BCUT2D eigenvalue weighted by Gasteiger charge is 2.36. The lowest BCUT2D eigenvalue weighted by Gasteiger charge is -2.12. The van der Waals surface area contributed by atoms with E-state index in [4.69, 9.17) is 4.74 Å². The van der Waals surface area contributed by atoms with Crippen LogP contribution in [0.3, 0.4) is 0 Å². The number of hydrogen-bond acceptors (Lipinski definition) is 7. The molecular formula is C25H19N3O6S. The number of imide groups is 1. The van der Waals surface area contributed by atoms with Gasteiger partial charge in [-0.1, -0.05) is 42.5 Å². The summed E-state index contributed by atoms with van der Waals surface area (Å²) in [7, 11) is 0. The van der Waals surface area contributed by atoms with E-state index in [0.29, 0.717) is 22.6 Å². The van der Waals surface area contributed by atoms with Crippen LogP contribution in [0.1, 0.15) is 11.1 Å². The first-order valence-corrected chi connectivity index (χ1v) is 11.3. The fourth-order valence-corrected chi connectivity index (χ4v) is 4.12. The van der Waals surface area contributed by atoms with Gasteiger partial charge < -0.3 is 10.1 Å². The molecule has 9 nitrogen and oxygen atoms in total. The Labute approximate surface area is 204 Å². The predicted molar refractivity (Wildman–Crippen MR) is 132 cm³/mol. The molecule has 0 unspecified atom stereocenters. The maximum Gasteiger partial charge on any atom is 0.294 e. The van der Waals surface area contributed by atoms with E-state index in [0.717, 1.165) is 16.7 Å². The zero-order valence-electron chi connectivity index (χ0n) is 18.2. The van der Waals surface area contributed by atoms with Crippen molar-refractivity contribution in [3.63, 3.8) is 0 Å². The molecule has 0 atom stereocenters. The van der Waals surface area contributed by atoms with E-state index in [9.17, 15) is 24.5 Å². The zero-order valence-corrected chi connectivity index (χ0v) is 19.1. The van der Waals surface area contributed by atoms with Crippen LogP contribution in [-0.2, 0) is 16.2 Å². The number of rotatable bonds is 8. The molecule has 3 amide bonds. The van der Waals surface area contributed by atoms with Gasteiger partial charge in [0.05, 0.1) is 15.4 Å². The van der Waals surface area contributed by atoms with E-state index in [1.807, 2.05) is 6.07 Å². The third-order valence-electron chi connectivity index (χ3n) is 4.99. The number of carbonyl (C=O) groups is 3. The normalized spacial score (nSPS) is 14.3. The Morgan fingerprint density at radius 1 is 1.00 bits per heavy atom. The van der Waals surface area contributed by atoms with Crippen LogP contribution in [0.2, 0.25) is 0 Å². The quantitative estimate of drug-likeness (QED) is 0.273. The van der Waals surface area contributed by atoms with Crippen molar-refractivity contribution < 1.29 is 24.0 Å². The molecular weight excluding hydrogens is 470 g/mol. The first-order chi connectivity index (χ1) is 16.9. The van der Waals surface area contributed by atoms with Crippen molar-refractivity contribution in [2.75, 3.05) is 11.9 Å². The highest BCUT2D eigenvalue weighted by molar-refractivity contribution is 8.18. The van der Waals surface area contributed by atoms with Gasteiger partial charge in [0.1, 0.15) is 18.9 Å². The number of amides is 3. The third-order valence-corrected chi connectivity index (χ3v) is 5.90. The molecule has 0 aliphatic carbocycles. The van der Waals surface area contributed by atoms with E-state index < -0.39 is 22.0 Å². The molecule has 176 valence electrons. The number of ether oxygens (including phenoxy) is 1. The Bertz CT molecular complexity index is 1310. The molecule has 0 spiro atoms. The van der Waals surface area contributed by atoms with E-state index >= 15 is 0 Å². The molecule has 0 aromatic heterocycles. The number of nitrogens with zero attached hydrogens (tertiary/aromatic N) is 2. The van der Waals surface area contributed by atoms with E-state index in [1.165, 1.54) is 6.07 Å². The molecule has 10 heteroatoms. The fourth-order valence-electron chi connectivity index (χ4n) is 3.29. The van der Waals surface area contributed by atoms with Crippen molar-refractivity contribution in [3.8, 4) is 5.75 Å². The van der Waals surface area contributed by atoms with Gasteiger partial charge in [0.2, 0.25) is 5.91 Å². The minimum absolute atomic E-state index is 0.0164. The lowest BCUT2D eigenvalue weighted by molar-refractivity contribution is -0.385. The largest absolute Gasteiger partial charge is 0.489 e. The van der Waals surface area contributed by atoms with Crippen molar-refractivity contribution in [2.24, 2.45) is 0 Å². The smallest absolute Gasteiger partial charge is 0.294 e.